The molecule has 17 nitrogen and oxygen atoms in total. The van der Waals surface area contributed by atoms with Crippen LogP contribution in [0.2, 0.25) is 0 Å². The molecule has 21 heteroatoms. The zero-order chi connectivity index (χ0) is 26.3. The van der Waals surface area contributed by atoms with Crippen molar-refractivity contribution in [2.75, 3.05) is 0 Å². The minimum atomic E-state index is -5.80. The van der Waals surface area contributed by atoms with Gasteiger partial charge >= 0.3 is 29.2 Å². The summed E-state index contributed by atoms with van der Waals surface area (Å²) in [5.74, 6) is 2.26. The third-order valence-electron chi connectivity index (χ3n) is 4.34. The summed E-state index contributed by atoms with van der Waals surface area (Å²) in [6, 6.07) is 1.01. The van der Waals surface area contributed by atoms with E-state index in [1.807, 2.05) is 10.4 Å². The molecule has 2 heterocycles. The SMILES string of the molecule is Cc1cc(=O)[nH]c(=O)n1[C@@H]1OC([C@@H](C)OP(=O)(O)OP(=O)(O)OP(=O)(O)O)[C@H](O)C1(N)C#CCl. The number of phosphoric ester groups is 1. The van der Waals surface area contributed by atoms with E-state index in [-0.39, 0.29) is 5.69 Å². The van der Waals surface area contributed by atoms with Crippen LogP contribution < -0.4 is 17.0 Å². The van der Waals surface area contributed by atoms with Crippen molar-refractivity contribution >= 4 is 35.1 Å². The molecule has 1 aromatic rings. The van der Waals surface area contributed by atoms with Gasteiger partial charge in [-0.1, -0.05) is 5.92 Å². The van der Waals surface area contributed by atoms with Crippen LogP contribution >= 0.6 is 35.1 Å². The summed E-state index contributed by atoms with van der Waals surface area (Å²) in [5.41, 5.74) is 2.26. The average molecular weight is 570 g/mol. The number of aliphatic hydroxyl groups excluding tert-OH is 1. The third-order valence-corrected chi connectivity index (χ3v) is 8.36. The average Bonchev–Trinajstić information content (AvgIpc) is 2.83. The molecule has 2 rings (SSSR count). The van der Waals surface area contributed by atoms with Crippen LogP contribution in [-0.2, 0) is 31.6 Å². The van der Waals surface area contributed by atoms with Crippen LogP contribution in [0.1, 0.15) is 18.8 Å². The third kappa shape index (κ3) is 6.73. The van der Waals surface area contributed by atoms with Crippen molar-refractivity contribution < 1.29 is 56.3 Å². The van der Waals surface area contributed by atoms with Gasteiger partial charge in [0, 0.05) is 17.1 Å². The Bertz CT molecular complexity index is 1270. The Balaban J connectivity index is 2.37. The van der Waals surface area contributed by atoms with Crippen molar-refractivity contribution in [3.8, 4) is 11.3 Å². The molecule has 0 aromatic carbocycles. The van der Waals surface area contributed by atoms with Gasteiger partial charge in [0.05, 0.1) is 6.10 Å². The molecule has 8 N–H and O–H groups in total. The monoisotopic (exact) mass is 569 g/mol. The number of hydrogen-bond acceptors (Lipinski definition) is 11. The van der Waals surface area contributed by atoms with Crippen LogP contribution in [0.3, 0.4) is 0 Å². The molecule has 4 unspecified atom stereocenters. The highest BCUT2D eigenvalue weighted by Gasteiger charge is 2.57. The number of hydrogen-bond donors (Lipinski definition) is 7. The Morgan fingerprint density at radius 3 is 2.32 bits per heavy atom. The largest absolute Gasteiger partial charge is 0.490 e. The Labute approximate surface area is 194 Å². The Hall–Kier alpha value is -1.18. The van der Waals surface area contributed by atoms with Gasteiger partial charge < -0.3 is 35.2 Å². The maximum absolute atomic E-state index is 12.4. The summed E-state index contributed by atoms with van der Waals surface area (Å²) in [6.45, 7) is 2.36. The molecular weight excluding hydrogens is 551 g/mol. The predicted molar refractivity (Wildman–Crippen MR) is 111 cm³/mol. The van der Waals surface area contributed by atoms with Crippen LogP contribution in [0, 0.1) is 18.2 Å². The molecule has 7 atom stereocenters. The molecule has 192 valence electrons. The van der Waals surface area contributed by atoms with Gasteiger partial charge in [-0.2, -0.15) is 8.62 Å². The van der Waals surface area contributed by atoms with Crippen LogP contribution in [-0.4, -0.2) is 58.1 Å². The van der Waals surface area contributed by atoms with Crippen LogP contribution in [0.25, 0.3) is 0 Å². The second-order valence-electron chi connectivity index (χ2n) is 6.90. The fourth-order valence-corrected chi connectivity index (χ4v) is 6.46. The number of nitrogens with one attached hydrogen (secondary N) is 1. The lowest BCUT2D eigenvalue weighted by atomic mass is 9.90. The summed E-state index contributed by atoms with van der Waals surface area (Å²) in [4.78, 5) is 62.0. The number of H-pyrrole nitrogens is 1. The number of halogens is 1. The first-order chi connectivity index (χ1) is 15.3. The first kappa shape index (κ1) is 29.1. The van der Waals surface area contributed by atoms with E-state index in [9.17, 15) is 38.2 Å². The van der Waals surface area contributed by atoms with Crippen molar-refractivity contribution in [2.45, 2.75) is 43.9 Å². The standard InChI is InChI=1S/C13H19ClN3O14P3/c1-6-5-8(18)16-12(20)17(6)11-13(15,3-4-14)10(19)9(28-11)7(2)29-33(24,25)31-34(26,27)30-32(21,22)23/h5,7,9-11,19H,15H2,1-2H3,(H,24,25)(H,26,27)(H,16,18,20)(H2,21,22,23)/t7-,9?,10+,11-,13?/m1/s1. The van der Waals surface area contributed by atoms with Crippen molar-refractivity contribution in [3.63, 3.8) is 0 Å². The molecule has 0 spiro atoms. The predicted octanol–water partition coefficient (Wildman–Crippen LogP) is -1.27. The maximum Gasteiger partial charge on any atom is 0.490 e. The molecule has 0 bridgehead atoms. The number of nitrogens with two attached hydrogens (primary N) is 1. The number of aryl methyl sites for hydroxylation is 1. The van der Waals surface area contributed by atoms with E-state index in [4.69, 9.17) is 31.9 Å². The van der Waals surface area contributed by atoms with Crippen LogP contribution in [0.4, 0.5) is 0 Å². The van der Waals surface area contributed by atoms with E-state index in [2.05, 4.69) is 19.1 Å². The van der Waals surface area contributed by atoms with Gasteiger partial charge in [0.1, 0.15) is 12.2 Å². The molecule has 1 aromatic heterocycles. The number of aliphatic hydroxyl groups is 1. The summed E-state index contributed by atoms with van der Waals surface area (Å²) in [7, 11) is -17.0. The van der Waals surface area contributed by atoms with Gasteiger partial charge in [-0.05, 0) is 25.4 Å². The highest BCUT2D eigenvalue weighted by Crippen LogP contribution is 2.66. The van der Waals surface area contributed by atoms with Gasteiger partial charge in [0.2, 0.25) is 0 Å². The Morgan fingerprint density at radius 1 is 1.24 bits per heavy atom. The molecule has 1 aliphatic rings. The number of aromatic nitrogens is 2. The van der Waals surface area contributed by atoms with Gasteiger partial charge in [-0.25, -0.2) is 18.5 Å². The summed E-state index contributed by atoms with van der Waals surface area (Å²) in [5, 5.41) is 12.7. The quantitative estimate of drug-likeness (QED) is 0.142. The minimum Gasteiger partial charge on any atom is -0.387 e. The topological polar surface area (TPSA) is 270 Å². The molecule has 0 radical (unpaired) electrons. The number of nitrogens with zero attached hydrogens (tertiary/aromatic N) is 1. The smallest absolute Gasteiger partial charge is 0.387 e. The normalized spacial score (nSPS) is 29.5. The van der Waals surface area contributed by atoms with Crippen molar-refractivity contribution in [3.05, 3.63) is 32.6 Å². The van der Waals surface area contributed by atoms with E-state index in [1.165, 1.54) is 6.92 Å². The molecule has 1 fully saturated rings. The lowest BCUT2D eigenvalue weighted by Crippen LogP contribution is -2.56. The maximum atomic E-state index is 12.4. The van der Waals surface area contributed by atoms with Crippen molar-refractivity contribution in [2.24, 2.45) is 5.73 Å². The van der Waals surface area contributed by atoms with E-state index < -0.39 is 64.8 Å². The number of ether oxygens (including phenoxy) is 1. The Morgan fingerprint density at radius 2 is 1.82 bits per heavy atom. The number of rotatable bonds is 8. The van der Waals surface area contributed by atoms with E-state index in [1.54, 1.807) is 0 Å². The highest BCUT2D eigenvalue weighted by atomic mass is 35.5. The van der Waals surface area contributed by atoms with E-state index in [0.29, 0.717) is 0 Å². The minimum absolute atomic E-state index is 0.0262. The highest BCUT2D eigenvalue weighted by molar-refractivity contribution is 7.66. The van der Waals surface area contributed by atoms with E-state index in [0.717, 1.165) is 17.6 Å². The zero-order valence-corrected chi connectivity index (χ0v) is 20.5. The first-order valence-electron chi connectivity index (χ1n) is 8.72. The molecule has 0 saturated carbocycles. The van der Waals surface area contributed by atoms with Gasteiger partial charge in [-0.3, -0.25) is 18.9 Å². The lowest BCUT2D eigenvalue weighted by Gasteiger charge is -2.29. The molecular formula is C13H19ClN3O14P3. The molecule has 0 amide bonds. The Kier molecular flexibility index (Phi) is 8.59. The first-order valence-corrected chi connectivity index (χ1v) is 13.6. The fraction of sp³-hybridized carbons (Fsp3) is 0.538. The van der Waals surface area contributed by atoms with Gasteiger partial charge in [0.15, 0.2) is 11.8 Å². The number of phosphoric acid groups is 3. The summed E-state index contributed by atoms with van der Waals surface area (Å²) >= 11 is 5.43. The summed E-state index contributed by atoms with van der Waals surface area (Å²) in [6.07, 6.45) is -6.89. The van der Waals surface area contributed by atoms with Crippen molar-refractivity contribution in [1.29, 1.82) is 0 Å². The summed E-state index contributed by atoms with van der Waals surface area (Å²) < 4.78 is 52.6. The zero-order valence-electron chi connectivity index (χ0n) is 17.0. The van der Waals surface area contributed by atoms with Gasteiger partial charge in [0.25, 0.3) is 5.56 Å². The fourth-order valence-electron chi connectivity index (χ4n) is 3.09. The molecule has 0 aliphatic carbocycles. The van der Waals surface area contributed by atoms with E-state index >= 15 is 0 Å². The van der Waals surface area contributed by atoms with Gasteiger partial charge in [-0.15, -0.1) is 0 Å². The van der Waals surface area contributed by atoms with Crippen molar-refractivity contribution in [1.82, 2.24) is 9.55 Å². The number of aromatic amines is 1. The molecule has 1 aliphatic heterocycles. The second kappa shape index (κ2) is 10.1. The molecule has 34 heavy (non-hydrogen) atoms. The van der Waals surface area contributed by atoms with Crippen LogP contribution in [0.15, 0.2) is 15.7 Å². The van der Waals surface area contributed by atoms with Crippen LogP contribution in [0.5, 0.6) is 0 Å². The second-order valence-corrected chi connectivity index (χ2v) is 11.5. The molecule has 1 saturated heterocycles. The lowest BCUT2D eigenvalue weighted by molar-refractivity contribution is -0.0760.